The van der Waals surface area contributed by atoms with E-state index in [0.29, 0.717) is 23.1 Å². The first-order valence-electron chi connectivity index (χ1n) is 17.0. The third-order valence-electron chi connectivity index (χ3n) is 8.90. The molecule has 0 radical (unpaired) electrons. The van der Waals surface area contributed by atoms with Crippen molar-refractivity contribution in [2.45, 2.75) is 62.6 Å². The number of nitrogens with one attached hydrogen (secondary N) is 1. The fraction of sp³-hybridized carbons (Fsp3) is 0.333. The van der Waals surface area contributed by atoms with Gasteiger partial charge in [-0.05, 0) is 79.4 Å². The molecule has 1 saturated carbocycles. The first-order valence-corrected chi connectivity index (χ1v) is 18.8. The van der Waals surface area contributed by atoms with Crippen molar-refractivity contribution in [2.75, 3.05) is 31.7 Å². The Bertz CT molecular complexity index is 1870. The summed E-state index contributed by atoms with van der Waals surface area (Å²) in [4.78, 5) is 30.4. The second-order valence-electron chi connectivity index (χ2n) is 12.3. The standard InChI is InChI=1S/C39H44ClN3O7S/c1-4-50-33-20-18-32(19-21-33)43(51(46,47)34-22-23-36(48-2)37(25-34)49-3)27-38(44)42(26-29-14-16-30(40)17-15-29)35(24-28-10-6-5-7-11-28)39(45)41-31-12-8-9-13-31/h5-7,10-11,14-23,25,31,35H,4,8-9,12-13,24,26-27H2,1-3H3,(H,41,45)/t35-/m1/s1. The molecule has 1 atom stereocenters. The summed E-state index contributed by atoms with van der Waals surface area (Å²) in [7, 11) is -1.50. The number of benzene rings is 4. The molecule has 2 amide bonds. The molecule has 0 heterocycles. The molecule has 51 heavy (non-hydrogen) atoms. The zero-order chi connectivity index (χ0) is 36.4. The number of carbonyl (C=O) groups excluding carboxylic acids is 2. The average molecular weight is 734 g/mol. The van der Waals surface area contributed by atoms with Crippen molar-refractivity contribution in [1.82, 2.24) is 10.2 Å². The van der Waals surface area contributed by atoms with E-state index in [-0.39, 0.29) is 41.2 Å². The van der Waals surface area contributed by atoms with Gasteiger partial charge in [0.15, 0.2) is 11.5 Å². The predicted octanol–water partition coefficient (Wildman–Crippen LogP) is 6.65. The van der Waals surface area contributed by atoms with Gasteiger partial charge in [-0.3, -0.25) is 13.9 Å². The van der Waals surface area contributed by atoms with Crippen molar-refractivity contribution >= 4 is 39.1 Å². The topological polar surface area (TPSA) is 114 Å². The minimum atomic E-state index is -4.38. The fourth-order valence-corrected chi connectivity index (χ4v) is 7.77. The summed E-state index contributed by atoms with van der Waals surface area (Å²) in [6.45, 7) is 1.72. The molecule has 4 aromatic rings. The van der Waals surface area contributed by atoms with Crippen LogP contribution in [0.15, 0.2) is 102 Å². The van der Waals surface area contributed by atoms with E-state index in [1.807, 2.05) is 37.3 Å². The van der Waals surface area contributed by atoms with Gasteiger partial charge in [-0.25, -0.2) is 8.42 Å². The van der Waals surface area contributed by atoms with Gasteiger partial charge in [0, 0.05) is 30.1 Å². The monoisotopic (exact) mass is 733 g/mol. The van der Waals surface area contributed by atoms with Crippen LogP contribution in [0.3, 0.4) is 0 Å². The molecule has 0 saturated heterocycles. The Morgan fingerprint density at radius 3 is 2.16 bits per heavy atom. The Labute approximate surface area is 305 Å². The second-order valence-corrected chi connectivity index (χ2v) is 14.6. The smallest absolute Gasteiger partial charge is 0.264 e. The number of anilines is 1. The largest absolute Gasteiger partial charge is 0.494 e. The number of methoxy groups -OCH3 is 2. The minimum absolute atomic E-state index is 0.00837. The molecule has 0 spiro atoms. The zero-order valence-electron chi connectivity index (χ0n) is 29.1. The van der Waals surface area contributed by atoms with Crippen LogP contribution in [0.1, 0.15) is 43.7 Å². The van der Waals surface area contributed by atoms with Gasteiger partial charge in [0.05, 0.1) is 31.4 Å². The minimum Gasteiger partial charge on any atom is -0.494 e. The Morgan fingerprint density at radius 1 is 0.863 bits per heavy atom. The highest BCUT2D eigenvalue weighted by Crippen LogP contribution is 2.33. The third-order valence-corrected chi connectivity index (χ3v) is 10.9. The number of nitrogens with zero attached hydrogens (tertiary/aromatic N) is 2. The van der Waals surface area contributed by atoms with E-state index in [1.54, 1.807) is 48.5 Å². The Hall–Kier alpha value is -4.74. The van der Waals surface area contributed by atoms with Crippen LogP contribution in [0.4, 0.5) is 5.69 Å². The molecular formula is C39H44ClN3O7S. The maximum atomic E-state index is 14.8. The number of halogens is 1. The lowest BCUT2D eigenvalue weighted by atomic mass is 10.0. The highest BCUT2D eigenvalue weighted by atomic mass is 35.5. The molecule has 10 nitrogen and oxygen atoms in total. The second kappa shape index (κ2) is 17.5. The normalized spacial score (nSPS) is 13.6. The number of amides is 2. The lowest BCUT2D eigenvalue weighted by Gasteiger charge is -2.34. The van der Waals surface area contributed by atoms with Crippen LogP contribution < -0.4 is 23.8 Å². The molecule has 1 fully saturated rings. The predicted molar refractivity (Wildman–Crippen MR) is 198 cm³/mol. The van der Waals surface area contributed by atoms with Crippen molar-refractivity contribution in [1.29, 1.82) is 0 Å². The third kappa shape index (κ3) is 9.53. The Kier molecular flexibility index (Phi) is 12.8. The summed E-state index contributed by atoms with van der Waals surface area (Å²) in [5, 5.41) is 3.71. The van der Waals surface area contributed by atoms with Gasteiger partial charge in [0.1, 0.15) is 18.3 Å². The van der Waals surface area contributed by atoms with Crippen LogP contribution in [0.2, 0.25) is 5.02 Å². The quantitative estimate of drug-likeness (QED) is 0.137. The van der Waals surface area contributed by atoms with Crippen molar-refractivity contribution in [3.63, 3.8) is 0 Å². The molecule has 12 heteroatoms. The molecule has 4 aromatic carbocycles. The summed E-state index contributed by atoms with van der Waals surface area (Å²) >= 11 is 6.20. The maximum Gasteiger partial charge on any atom is 0.264 e. The first-order chi connectivity index (χ1) is 24.6. The number of hydrogen-bond donors (Lipinski definition) is 1. The average Bonchev–Trinajstić information content (AvgIpc) is 3.66. The first kappa shape index (κ1) is 37.5. The zero-order valence-corrected chi connectivity index (χ0v) is 30.7. The number of sulfonamides is 1. The van der Waals surface area contributed by atoms with E-state index in [2.05, 4.69) is 5.32 Å². The molecule has 1 aliphatic rings. The summed E-state index contributed by atoms with van der Waals surface area (Å²) in [5.41, 5.74) is 1.83. The molecular weight excluding hydrogens is 690 g/mol. The van der Waals surface area contributed by atoms with E-state index >= 15 is 0 Å². The molecule has 0 aromatic heterocycles. The van der Waals surface area contributed by atoms with E-state index < -0.39 is 28.5 Å². The van der Waals surface area contributed by atoms with Crippen LogP contribution in [0.25, 0.3) is 0 Å². The summed E-state index contributed by atoms with van der Waals surface area (Å²) in [6, 6.07) is 26.3. The van der Waals surface area contributed by atoms with Crippen LogP contribution in [0.5, 0.6) is 17.2 Å². The molecule has 270 valence electrons. The number of hydrogen-bond acceptors (Lipinski definition) is 7. The van der Waals surface area contributed by atoms with Gasteiger partial charge in [-0.2, -0.15) is 0 Å². The van der Waals surface area contributed by atoms with Crippen molar-refractivity contribution < 1.29 is 32.2 Å². The van der Waals surface area contributed by atoms with E-state index in [1.165, 1.54) is 37.3 Å². The van der Waals surface area contributed by atoms with Crippen LogP contribution in [-0.4, -0.2) is 64.6 Å². The molecule has 0 unspecified atom stereocenters. The summed E-state index contributed by atoms with van der Waals surface area (Å²) < 4.78 is 46.4. The number of rotatable bonds is 16. The molecule has 1 aliphatic carbocycles. The SMILES string of the molecule is CCOc1ccc(N(CC(=O)N(Cc2ccc(Cl)cc2)[C@H](Cc2ccccc2)C(=O)NC2CCCC2)S(=O)(=O)c2ccc(OC)c(OC)c2)cc1. The molecule has 0 bridgehead atoms. The van der Waals surface area contributed by atoms with Crippen LogP contribution >= 0.6 is 11.6 Å². The van der Waals surface area contributed by atoms with Gasteiger partial charge in [-0.1, -0.05) is 66.9 Å². The molecule has 5 rings (SSSR count). The van der Waals surface area contributed by atoms with Crippen molar-refractivity contribution in [2.24, 2.45) is 0 Å². The lowest BCUT2D eigenvalue weighted by molar-refractivity contribution is -0.140. The lowest BCUT2D eigenvalue weighted by Crippen LogP contribution is -2.54. The summed E-state index contributed by atoms with van der Waals surface area (Å²) in [5.74, 6) is 0.263. The number of ether oxygens (including phenoxy) is 3. The highest BCUT2D eigenvalue weighted by molar-refractivity contribution is 7.92. The van der Waals surface area contributed by atoms with Crippen molar-refractivity contribution in [3.05, 3.63) is 113 Å². The van der Waals surface area contributed by atoms with Gasteiger partial charge in [-0.15, -0.1) is 0 Å². The van der Waals surface area contributed by atoms with Gasteiger partial charge in [0.2, 0.25) is 11.8 Å². The highest BCUT2D eigenvalue weighted by Gasteiger charge is 2.36. The van der Waals surface area contributed by atoms with Crippen LogP contribution in [0, 0.1) is 0 Å². The Balaban J connectivity index is 1.58. The molecule has 1 N–H and O–H groups in total. The Morgan fingerprint density at radius 2 is 1.53 bits per heavy atom. The maximum absolute atomic E-state index is 14.8. The van der Waals surface area contributed by atoms with Gasteiger partial charge in [0.25, 0.3) is 10.0 Å². The fourth-order valence-electron chi connectivity index (χ4n) is 6.22. The van der Waals surface area contributed by atoms with E-state index in [0.717, 1.165) is 41.1 Å². The van der Waals surface area contributed by atoms with Crippen molar-refractivity contribution in [3.8, 4) is 17.2 Å². The van der Waals surface area contributed by atoms with E-state index in [9.17, 15) is 18.0 Å². The van der Waals surface area contributed by atoms with Gasteiger partial charge < -0.3 is 24.4 Å². The number of carbonyl (C=O) groups is 2. The van der Waals surface area contributed by atoms with Gasteiger partial charge >= 0.3 is 0 Å². The van der Waals surface area contributed by atoms with E-state index in [4.69, 9.17) is 25.8 Å². The summed E-state index contributed by atoms with van der Waals surface area (Å²) in [6.07, 6.45) is 4.00. The van der Waals surface area contributed by atoms with Crippen LogP contribution in [-0.2, 0) is 32.6 Å². The molecule has 0 aliphatic heterocycles.